The topological polar surface area (TPSA) is 55.2 Å². The van der Waals surface area contributed by atoms with Gasteiger partial charge in [0.1, 0.15) is 5.69 Å². The second-order valence-corrected chi connectivity index (χ2v) is 5.66. The maximum atomic E-state index is 11.2. The fraction of sp³-hybridized carbons (Fsp3) is 0.538. The molecule has 98 valence electrons. The average molecular weight is 313 g/mol. The van der Waals surface area contributed by atoms with Gasteiger partial charge in [0.2, 0.25) is 0 Å². The summed E-state index contributed by atoms with van der Waals surface area (Å²) in [6, 6.07) is 4.04. The van der Waals surface area contributed by atoms with Crippen molar-refractivity contribution in [1.82, 2.24) is 0 Å². The zero-order valence-electron chi connectivity index (χ0n) is 10.4. The molecule has 0 unspecified atom stereocenters. The summed E-state index contributed by atoms with van der Waals surface area (Å²) >= 11 is 3.34. The first kappa shape index (κ1) is 13.3. The van der Waals surface area contributed by atoms with Crippen LogP contribution in [0.2, 0.25) is 0 Å². The normalized spacial score (nSPS) is 16.6. The second kappa shape index (κ2) is 5.69. The van der Waals surface area contributed by atoms with Crippen molar-refractivity contribution in [3.05, 3.63) is 32.3 Å². The third kappa shape index (κ3) is 2.83. The standard InChI is InChI=1S/C13H17BrN2O2/c1-9-11(14)7-8-12(13(9)16(17)18)15-10-5-3-2-4-6-10/h7-8,10,15H,2-6H2,1H3. The van der Waals surface area contributed by atoms with Crippen molar-refractivity contribution in [3.8, 4) is 0 Å². The minimum Gasteiger partial charge on any atom is -0.377 e. The van der Waals surface area contributed by atoms with Gasteiger partial charge in [0.25, 0.3) is 5.69 Å². The number of nitro groups is 1. The van der Waals surface area contributed by atoms with Gasteiger partial charge in [-0.05, 0) is 31.9 Å². The number of rotatable bonds is 3. The lowest BCUT2D eigenvalue weighted by atomic mass is 9.95. The zero-order chi connectivity index (χ0) is 13.1. The highest BCUT2D eigenvalue weighted by Crippen LogP contribution is 2.35. The molecule has 0 aromatic heterocycles. The molecule has 1 aromatic carbocycles. The molecule has 0 heterocycles. The van der Waals surface area contributed by atoms with Gasteiger partial charge in [0.05, 0.1) is 4.92 Å². The molecule has 0 radical (unpaired) electrons. The molecule has 0 aliphatic heterocycles. The Bertz CT molecular complexity index is 457. The van der Waals surface area contributed by atoms with Gasteiger partial charge in [-0.1, -0.05) is 35.2 Å². The second-order valence-electron chi connectivity index (χ2n) is 4.80. The van der Waals surface area contributed by atoms with Gasteiger partial charge in [0, 0.05) is 16.1 Å². The van der Waals surface area contributed by atoms with E-state index < -0.39 is 0 Å². The van der Waals surface area contributed by atoms with Gasteiger partial charge < -0.3 is 5.32 Å². The van der Waals surface area contributed by atoms with Crippen LogP contribution in [-0.4, -0.2) is 11.0 Å². The summed E-state index contributed by atoms with van der Waals surface area (Å²) in [6.45, 7) is 1.77. The van der Waals surface area contributed by atoms with E-state index in [9.17, 15) is 10.1 Å². The zero-order valence-corrected chi connectivity index (χ0v) is 12.0. The van der Waals surface area contributed by atoms with Crippen LogP contribution in [0.3, 0.4) is 0 Å². The van der Waals surface area contributed by atoms with Gasteiger partial charge in [-0.25, -0.2) is 0 Å². The Labute approximate surface area is 115 Å². The minimum absolute atomic E-state index is 0.190. The Hall–Kier alpha value is -1.10. The maximum absolute atomic E-state index is 11.2. The van der Waals surface area contributed by atoms with Crippen molar-refractivity contribution in [2.45, 2.75) is 45.1 Å². The molecular weight excluding hydrogens is 296 g/mol. The number of anilines is 1. The number of benzene rings is 1. The van der Waals surface area contributed by atoms with Crippen LogP contribution in [0.15, 0.2) is 16.6 Å². The summed E-state index contributed by atoms with van der Waals surface area (Å²) in [6.07, 6.45) is 5.90. The van der Waals surface area contributed by atoms with Gasteiger partial charge >= 0.3 is 0 Å². The highest BCUT2D eigenvalue weighted by molar-refractivity contribution is 9.10. The number of nitrogens with one attached hydrogen (secondary N) is 1. The summed E-state index contributed by atoms with van der Waals surface area (Å²) in [7, 11) is 0. The molecule has 0 saturated heterocycles. The van der Waals surface area contributed by atoms with E-state index in [2.05, 4.69) is 21.2 Å². The molecule has 1 aliphatic rings. The summed E-state index contributed by atoms with van der Waals surface area (Å²) in [5.41, 5.74) is 1.52. The molecule has 5 heteroatoms. The third-order valence-corrected chi connectivity index (χ3v) is 4.37. The van der Waals surface area contributed by atoms with Gasteiger partial charge in [0.15, 0.2) is 0 Å². The Morgan fingerprint density at radius 1 is 1.33 bits per heavy atom. The number of halogens is 1. The first-order valence-electron chi connectivity index (χ1n) is 6.29. The van der Waals surface area contributed by atoms with Crippen molar-refractivity contribution in [1.29, 1.82) is 0 Å². The highest BCUT2D eigenvalue weighted by Gasteiger charge is 2.22. The molecule has 0 atom stereocenters. The molecule has 1 fully saturated rings. The van der Waals surface area contributed by atoms with Crippen molar-refractivity contribution in [2.75, 3.05) is 5.32 Å². The Morgan fingerprint density at radius 3 is 2.61 bits per heavy atom. The van der Waals surface area contributed by atoms with E-state index >= 15 is 0 Å². The SMILES string of the molecule is Cc1c(Br)ccc(NC2CCCCC2)c1[N+](=O)[O-]. The van der Waals surface area contributed by atoms with E-state index in [4.69, 9.17) is 0 Å². The molecule has 0 amide bonds. The molecule has 4 nitrogen and oxygen atoms in total. The highest BCUT2D eigenvalue weighted by atomic mass is 79.9. The third-order valence-electron chi connectivity index (χ3n) is 3.51. The van der Waals surface area contributed by atoms with E-state index in [0.29, 0.717) is 17.3 Å². The molecule has 1 saturated carbocycles. The molecular formula is C13H17BrN2O2. The summed E-state index contributed by atoms with van der Waals surface area (Å²) in [5, 5.41) is 14.5. The number of nitrogens with zero attached hydrogens (tertiary/aromatic N) is 1. The van der Waals surface area contributed by atoms with Crippen LogP contribution in [0.25, 0.3) is 0 Å². The van der Waals surface area contributed by atoms with Crippen LogP contribution in [0.4, 0.5) is 11.4 Å². The number of hydrogen-bond donors (Lipinski definition) is 1. The Kier molecular flexibility index (Phi) is 4.22. The van der Waals surface area contributed by atoms with Crippen molar-refractivity contribution in [2.24, 2.45) is 0 Å². The average Bonchev–Trinajstić information content (AvgIpc) is 2.35. The van der Waals surface area contributed by atoms with Crippen LogP contribution in [-0.2, 0) is 0 Å². The van der Waals surface area contributed by atoms with Crippen molar-refractivity contribution >= 4 is 27.3 Å². The first-order valence-corrected chi connectivity index (χ1v) is 7.09. The molecule has 1 N–H and O–H groups in total. The van der Waals surface area contributed by atoms with Crippen molar-refractivity contribution < 1.29 is 4.92 Å². The van der Waals surface area contributed by atoms with E-state index in [1.807, 2.05) is 6.07 Å². The predicted molar refractivity (Wildman–Crippen MR) is 76.0 cm³/mol. The molecule has 1 aliphatic carbocycles. The minimum atomic E-state index is -0.300. The lowest BCUT2D eigenvalue weighted by Gasteiger charge is -2.24. The summed E-state index contributed by atoms with van der Waals surface area (Å²) in [5.74, 6) is 0. The van der Waals surface area contributed by atoms with E-state index in [0.717, 1.165) is 17.3 Å². The molecule has 2 rings (SSSR count). The maximum Gasteiger partial charge on any atom is 0.296 e. The number of hydrogen-bond acceptors (Lipinski definition) is 3. The van der Waals surface area contributed by atoms with Crippen molar-refractivity contribution in [3.63, 3.8) is 0 Å². The monoisotopic (exact) mass is 312 g/mol. The molecule has 1 aromatic rings. The lowest BCUT2D eigenvalue weighted by molar-refractivity contribution is -0.384. The van der Waals surface area contributed by atoms with Crippen LogP contribution in [0.1, 0.15) is 37.7 Å². The van der Waals surface area contributed by atoms with Gasteiger partial charge in [-0.2, -0.15) is 0 Å². The lowest BCUT2D eigenvalue weighted by Crippen LogP contribution is -2.22. The van der Waals surface area contributed by atoms with Crippen LogP contribution in [0, 0.1) is 17.0 Å². The van der Waals surface area contributed by atoms with E-state index in [-0.39, 0.29) is 10.6 Å². The molecule has 0 bridgehead atoms. The van der Waals surface area contributed by atoms with Crippen LogP contribution >= 0.6 is 15.9 Å². The van der Waals surface area contributed by atoms with Crippen LogP contribution < -0.4 is 5.32 Å². The van der Waals surface area contributed by atoms with Crippen LogP contribution in [0.5, 0.6) is 0 Å². The van der Waals surface area contributed by atoms with E-state index in [1.54, 1.807) is 13.0 Å². The van der Waals surface area contributed by atoms with Gasteiger partial charge in [-0.3, -0.25) is 10.1 Å². The predicted octanol–water partition coefficient (Wildman–Crippen LogP) is 4.41. The fourth-order valence-electron chi connectivity index (χ4n) is 2.49. The first-order chi connectivity index (χ1) is 8.59. The Balaban J connectivity index is 2.26. The smallest absolute Gasteiger partial charge is 0.296 e. The fourth-order valence-corrected chi connectivity index (χ4v) is 2.81. The molecule has 0 spiro atoms. The Morgan fingerprint density at radius 2 is 2.00 bits per heavy atom. The van der Waals surface area contributed by atoms with Gasteiger partial charge in [-0.15, -0.1) is 0 Å². The van der Waals surface area contributed by atoms with E-state index in [1.165, 1.54) is 19.3 Å². The molecule has 18 heavy (non-hydrogen) atoms. The quantitative estimate of drug-likeness (QED) is 0.664. The number of nitro benzene ring substituents is 1. The summed E-state index contributed by atoms with van der Waals surface area (Å²) < 4.78 is 0.781. The largest absolute Gasteiger partial charge is 0.377 e. The summed E-state index contributed by atoms with van der Waals surface area (Å²) in [4.78, 5) is 10.9.